The number of anilines is 1. The van der Waals surface area contributed by atoms with E-state index in [0.29, 0.717) is 33.0 Å². The van der Waals surface area contributed by atoms with Crippen LogP contribution in [0.3, 0.4) is 0 Å². The van der Waals surface area contributed by atoms with Crippen LogP contribution < -0.4 is 9.64 Å². The fourth-order valence-electron chi connectivity index (χ4n) is 3.71. The Kier molecular flexibility index (Phi) is 5.72. The fourth-order valence-corrected chi connectivity index (χ4v) is 5.37. The van der Waals surface area contributed by atoms with Crippen molar-refractivity contribution in [3.8, 4) is 11.5 Å². The SMILES string of the molecule is O=C1CSC(c2ccc(F)cc2)N1c1ccc(Oc2ccc3ccccc3c2Cl)c(Cl)c1. The Morgan fingerprint density at radius 1 is 0.938 bits per heavy atom. The Labute approximate surface area is 198 Å². The van der Waals surface area contributed by atoms with Crippen molar-refractivity contribution in [2.45, 2.75) is 5.37 Å². The highest BCUT2D eigenvalue weighted by atomic mass is 35.5. The van der Waals surface area contributed by atoms with E-state index < -0.39 is 0 Å². The van der Waals surface area contributed by atoms with Crippen molar-refractivity contribution in [3.63, 3.8) is 0 Å². The third-order valence-electron chi connectivity index (χ3n) is 5.26. The van der Waals surface area contributed by atoms with E-state index in [9.17, 15) is 9.18 Å². The number of carbonyl (C=O) groups excluding carboxylic acids is 1. The average Bonchev–Trinajstić information content (AvgIpc) is 3.19. The predicted molar refractivity (Wildman–Crippen MR) is 130 cm³/mol. The lowest BCUT2D eigenvalue weighted by Crippen LogP contribution is -2.27. The zero-order valence-corrected chi connectivity index (χ0v) is 18.9. The first kappa shape index (κ1) is 21.1. The molecule has 1 unspecified atom stereocenters. The summed E-state index contributed by atoms with van der Waals surface area (Å²) in [4.78, 5) is 14.3. The predicted octanol–water partition coefficient (Wildman–Crippen LogP) is 7.86. The van der Waals surface area contributed by atoms with Crippen LogP contribution in [-0.4, -0.2) is 11.7 Å². The molecule has 1 fully saturated rings. The van der Waals surface area contributed by atoms with Gasteiger partial charge in [0, 0.05) is 11.1 Å². The molecular weight excluding hydrogens is 468 g/mol. The van der Waals surface area contributed by atoms with E-state index in [1.54, 1.807) is 41.3 Å². The molecule has 0 N–H and O–H groups in total. The first-order valence-corrected chi connectivity index (χ1v) is 11.7. The second-order valence-corrected chi connectivity index (χ2v) is 9.15. The maximum Gasteiger partial charge on any atom is 0.238 e. The fraction of sp³-hybridized carbons (Fsp3) is 0.0800. The molecule has 7 heteroatoms. The third-order valence-corrected chi connectivity index (χ3v) is 7.16. The lowest BCUT2D eigenvalue weighted by atomic mass is 10.1. The van der Waals surface area contributed by atoms with Crippen molar-refractivity contribution in [2.24, 2.45) is 0 Å². The molecule has 1 atom stereocenters. The van der Waals surface area contributed by atoms with E-state index in [4.69, 9.17) is 27.9 Å². The van der Waals surface area contributed by atoms with Crippen LogP contribution in [0.25, 0.3) is 10.8 Å². The Morgan fingerprint density at radius 2 is 1.69 bits per heavy atom. The summed E-state index contributed by atoms with van der Waals surface area (Å²) in [5.41, 5.74) is 1.50. The summed E-state index contributed by atoms with van der Waals surface area (Å²) in [6.45, 7) is 0. The molecule has 1 saturated heterocycles. The highest BCUT2D eigenvalue weighted by Crippen LogP contribution is 2.44. The van der Waals surface area contributed by atoms with E-state index in [0.717, 1.165) is 16.3 Å². The summed E-state index contributed by atoms with van der Waals surface area (Å²) < 4.78 is 19.3. The number of ether oxygens (including phenoxy) is 1. The Balaban J connectivity index is 1.44. The second-order valence-electron chi connectivity index (χ2n) is 7.29. The number of fused-ring (bicyclic) bond motifs is 1. The molecule has 4 aromatic rings. The minimum atomic E-state index is -0.313. The smallest absolute Gasteiger partial charge is 0.238 e. The normalized spacial score (nSPS) is 16.0. The van der Waals surface area contributed by atoms with Crippen molar-refractivity contribution in [1.29, 1.82) is 0 Å². The first-order chi connectivity index (χ1) is 15.5. The van der Waals surface area contributed by atoms with Gasteiger partial charge in [0.1, 0.15) is 22.7 Å². The summed E-state index contributed by atoms with van der Waals surface area (Å²) in [6.07, 6.45) is 0. The summed E-state index contributed by atoms with van der Waals surface area (Å²) in [7, 11) is 0. The monoisotopic (exact) mass is 483 g/mol. The number of nitrogens with zero attached hydrogens (tertiary/aromatic N) is 1. The summed E-state index contributed by atoms with van der Waals surface area (Å²) in [5, 5.41) is 2.52. The molecule has 0 radical (unpaired) electrons. The van der Waals surface area contributed by atoms with Gasteiger partial charge in [0.2, 0.25) is 5.91 Å². The number of halogens is 3. The van der Waals surface area contributed by atoms with Crippen LogP contribution >= 0.6 is 35.0 Å². The van der Waals surface area contributed by atoms with Crippen molar-refractivity contribution in [1.82, 2.24) is 0 Å². The van der Waals surface area contributed by atoms with Gasteiger partial charge in [-0.1, -0.05) is 65.7 Å². The van der Waals surface area contributed by atoms with Gasteiger partial charge in [0.05, 0.1) is 15.8 Å². The van der Waals surface area contributed by atoms with E-state index in [-0.39, 0.29) is 17.1 Å². The molecule has 5 rings (SSSR count). The van der Waals surface area contributed by atoms with E-state index in [2.05, 4.69) is 0 Å². The first-order valence-electron chi connectivity index (χ1n) is 9.85. The van der Waals surface area contributed by atoms with Gasteiger partial charge in [-0.3, -0.25) is 9.69 Å². The zero-order valence-electron chi connectivity index (χ0n) is 16.6. The van der Waals surface area contributed by atoms with Gasteiger partial charge in [-0.05, 0) is 47.3 Å². The highest BCUT2D eigenvalue weighted by molar-refractivity contribution is 8.00. The molecule has 3 nitrogen and oxygen atoms in total. The second kappa shape index (κ2) is 8.66. The van der Waals surface area contributed by atoms with Crippen molar-refractivity contribution >= 4 is 57.3 Å². The van der Waals surface area contributed by atoms with E-state index in [1.807, 2.05) is 30.3 Å². The molecule has 0 saturated carbocycles. The number of benzene rings is 4. The maximum absolute atomic E-state index is 13.3. The lowest BCUT2D eigenvalue weighted by Gasteiger charge is -2.25. The van der Waals surface area contributed by atoms with E-state index >= 15 is 0 Å². The molecule has 0 spiro atoms. The molecule has 1 amide bonds. The molecule has 0 aliphatic carbocycles. The van der Waals surface area contributed by atoms with Crippen LogP contribution in [0.1, 0.15) is 10.9 Å². The number of carbonyl (C=O) groups is 1. The summed E-state index contributed by atoms with van der Waals surface area (Å²) in [5.74, 6) is 0.922. The van der Waals surface area contributed by atoms with Gasteiger partial charge >= 0.3 is 0 Å². The third kappa shape index (κ3) is 3.92. The Hall–Kier alpha value is -2.73. The molecule has 0 aromatic heterocycles. The lowest BCUT2D eigenvalue weighted by molar-refractivity contribution is -0.115. The van der Waals surface area contributed by atoms with Gasteiger partial charge in [0.25, 0.3) is 0 Å². The summed E-state index contributed by atoms with van der Waals surface area (Å²) >= 11 is 14.6. The van der Waals surface area contributed by atoms with Crippen LogP contribution in [0.5, 0.6) is 11.5 Å². The van der Waals surface area contributed by atoms with Crippen LogP contribution in [0.15, 0.2) is 78.9 Å². The molecule has 160 valence electrons. The maximum atomic E-state index is 13.3. The molecule has 1 aliphatic rings. The Morgan fingerprint density at radius 3 is 2.47 bits per heavy atom. The van der Waals surface area contributed by atoms with Gasteiger partial charge in [-0.15, -0.1) is 11.8 Å². The van der Waals surface area contributed by atoms with E-state index in [1.165, 1.54) is 23.9 Å². The number of amides is 1. The van der Waals surface area contributed by atoms with Crippen LogP contribution in [0.2, 0.25) is 10.0 Å². The van der Waals surface area contributed by atoms with Crippen LogP contribution in [0, 0.1) is 5.82 Å². The van der Waals surface area contributed by atoms with Gasteiger partial charge < -0.3 is 4.74 Å². The van der Waals surface area contributed by atoms with Crippen molar-refractivity contribution in [2.75, 3.05) is 10.7 Å². The number of thioether (sulfide) groups is 1. The molecule has 1 heterocycles. The van der Waals surface area contributed by atoms with Crippen molar-refractivity contribution < 1.29 is 13.9 Å². The topological polar surface area (TPSA) is 29.5 Å². The Bertz CT molecular complexity index is 1330. The minimum Gasteiger partial charge on any atom is -0.454 e. The van der Waals surface area contributed by atoms with Crippen LogP contribution in [-0.2, 0) is 4.79 Å². The van der Waals surface area contributed by atoms with Crippen LogP contribution in [0.4, 0.5) is 10.1 Å². The summed E-state index contributed by atoms with van der Waals surface area (Å²) in [6, 6.07) is 22.9. The quantitative estimate of drug-likeness (QED) is 0.295. The average molecular weight is 484 g/mol. The van der Waals surface area contributed by atoms with Gasteiger partial charge in [0.15, 0.2) is 0 Å². The van der Waals surface area contributed by atoms with Crippen molar-refractivity contribution in [3.05, 3.63) is 100 Å². The molecule has 4 aromatic carbocycles. The zero-order chi connectivity index (χ0) is 22.2. The van der Waals surface area contributed by atoms with Gasteiger partial charge in [-0.2, -0.15) is 0 Å². The number of hydrogen-bond donors (Lipinski definition) is 0. The highest BCUT2D eigenvalue weighted by Gasteiger charge is 2.34. The molecule has 32 heavy (non-hydrogen) atoms. The molecule has 0 bridgehead atoms. The number of rotatable bonds is 4. The van der Waals surface area contributed by atoms with Gasteiger partial charge in [-0.25, -0.2) is 4.39 Å². The largest absolute Gasteiger partial charge is 0.454 e. The molecular formula is C25H16Cl2FNO2S. The minimum absolute atomic E-state index is 0.0355. The standard InChI is InChI=1S/C25H16Cl2FNO2S/c26-20-13-18(29-23(30)14-32-25(29)16-5-8-17(28)9-6-16)10-12-21(20)31-22-11-7-15-3-1-2-4-19(15)24(22)27/h1-13,25H,14H2. The number of hydrogen-bond acceptors (Lipinski definition) is 3. The molecule has 1 aliphatic heterocycles.